The summed E-state index contributed by atoms with van der Waals surface area (Å²) in [6.45, 7) is 3.08. The first-order valence-corrected chi connectivity index (χ1v) is 10.7. The minimum atomic E-state index is -0.321. The van der Waals surface area contributed by atoms with E-state index in [1.807, 2.05) is 0 Å². The predicted octanol–water partition coefficient (Wildman–Crippen LogP) is 0.967. The highest BCUT2D eigenvalue weighted by atomic mass is 16.1. The summed E-state index contributed by atoms with van der Waals surface area (Å²) in [6.07, 6.45) is 10.4. The van der Waals surface area contributed by atoms with Crippen LogP contribution in [0.1, 0.15) is 77.0 Å². The van der Waals surface area contributed by atoms with Gasteiger partial charge in [0.1, 0.15) is 11.6 Å². The van der Waals surface area contributed by atoms with Crippen LogP contribution in [0.4, 0.5) is 0 Å². The van der Waals surface area contributed by atoms with E-state index in [2.05, 4.69) is 5.32 Å². The Bertz CT molecular complexity index is 345. The van der Waals surface area contributed by atoms with E-state index in [0.717, 1.165) is 77.3 Å². The smallest absolute Gasteiger partial charge is 0.149 e. The molecule has 27 heavy (non-hydrogen) atoms. The number of carbonyl (C=O) groups excluding carboxylic acids is 2. The molecule has 2 unspecified atom stereocenters. The molecular weight excluding hydrogens is 342 g/mol. The first-order chi connectivity index (χ1) is 13.0. The van der Waals surface area contributed by atoms with Crippen LogP contribution in [-0.2, 0) is 9.59 Å². The van der Waals surface area contributed by atoms with Crippen molar-refractivity contribution in [3.63, 3.8) is 0 Å². The Morgan fingerprint density at radius 1 is 0.630 bits per heavy atom. The predicted molar refractivity (Wildman–Crippen MR) is 112 cm³/mol. The van der Waals surface area contributed by atoms with Crippen molar-refractivity contribution in [3.05, 3.63) is 0 Å². The van der Waals surface area contributed by atoms with E-state index in [-0.39, 0.29) is 23.7 Å². The van der Waals surface area contributed by atoms with Gasteiger partial charge in [-0.3, -0.25) is 9.59 Å². The summed E-state index contributed by atoms with van der Waals surface area (Å²) < 4.78 is 0. The Hall–Kier alpha value is -0.860. The molecule has 0 bridgehead atoms. The van der Waals surface area contributed by atoms with Gasteiger partial charge in [0.15, 0.2) is 0 Å². The van der Waals surface area contributed by atoms with Gasteiger partial charge in [-0.1, -0.05) is 25.7 Å². The molecule has 0 heterocycles. The second kappa shape index (κ2) is 18.5. The van der Waals surface area contributed by atoms with E-state index in [1.54, 1.807) is 0 Å². The van der Waals surface area contributed by atoms with Crippen molar-refractivity contribution in [1.82, 2.24) is 5.32 Å². The molecule has 2 atom stereocenters. The molecular formula is C20H43N5O2. The summed E-state index contributed by atoms with van der Waals surface area (Å²) in [6, 6.07) is -0.642. The molecule has 7 heteroatoms. The van der Waals surface area contributed by atoms with Crippen LogP contribution in [0.5, 0.6) is 0 Å². The van der Waals surface area contributed by atoms with Crippen molar-refractivity contribution < 1.29 is 9.59 Å². The molecule has 0 amide bonds. The number of Topliss-reactive ketones (excluding diaryl/α,β-unsaturated/α-hetero) is 2. The van der Waals surface area contributed by atoms with Crippen molar-refractivity contribution in [2.24, 2.45) is 22.9 Å². The van der Waals surface area contributed by atoms with Gasteiger partial charge in [0.05, 0.1) is 12.1 Å². The van der Waals surface area contributed by atoms with Crippen molar-refractivity contribution >= 4 is 11.6 Å². The molecule has 0 aromatic rings. The van der Waals surface area contributed by atoms with Crippen LogP contribution in [0.25, 0.3) is 0 Å². The molecule has 160 valence electrons. The van der Waals surface area contributed by atoms with Gasteiger partial charge in [-0.05, 0) is 64.7 Å². The van der Waals surface area contributed by atoms with E-state index in [9.17, 15) is 9.59 Å². The normalized spacial score (nSPS) is 13.5. The molecule has 7 nitrogen and oxygen atoms in total. The van der Waals surface area contributed by atoms with Crippen LogP contribution in [0.15, 0.2) is 0 Å². The van der Waals surface area contributed by atoms with Crippen LogP contribution < -0.4 is 28.3 Å². The summed E-state index contributed by atoms with van der Waals surface area (Å²) in [5, 5.41) is 3.44. The SMILES string of the molecule is NCCCC(=O)C(N)CCCCCNCCCCCC(N)C(=O)CCCN. The third-order valence-electron chi connectivity index (χ3n) is 4.82. The molecule has 0 radical (unpaired) electrons. The minimum Gasteiger partial charge on any atom is -0.330 e. The molecule has 0 saturated heterocycles. The first-order valence-electron chi connectivity index (χ1n) is 10.7. The second-order valence-corrected chi connectivity index (χ2v) is 7.38. The molecule has 0 aromatic heterocycles. The lowest BCUT2D eigenvalue weighted by atomic mass is 10.0. The summed E-state index contributed by atoms with van der Waals surface area (Å²) in [7, 11) is 0. The monoisotopic (exact) mass is 385 g/mol. The van der Waals surface area contributed by atoms with Gasteiger partial charge in [-0.25, -0.2) is 0 Å². The number of rotatable bonds is 20. The zero-order valence-electron chi connectivity index (χ0n) is 17.1. The highest BCUT2D eigenvalue weighted by molar-refractivity contribution is 5.84. The highest BCUT2D eigenvalue weighted by Crippen LogP contribution is 2.06. The third kappa shape index (κ3) is 15.9. The van der Waals surface area contributed by atoms with Crippen LogP contribution >= 0.6 is 0 Å². The number of unbranched alkanes of at least 4 members (excludes halogenated alkanes) is 4. The highest BCUT2D eigenvalue weighted by Gasteiger charge is 2.12. The summed E-state index contributed by atoms with van der Waals surface area (Å²) in [4.78, 5) is 23.4. The van der Waals surface area contributed by atoms with Gasteiger partial charge >= 0.3 is 0 Å². The first kappa shape index (κ1) is 26.1. The zero-order chi connectivity index (χ0) is 20.3. The fourth-order valence-electron chi connectivity index (χ4n) is 2.95. The number of nitrogens with one attached hydrogen (secondary N) is 1. The van der Waals surface area contributed by atoms with Gasteiger partial charge in [0, 0.05) is 12.8 Å². The number of ketones is 2. The maximum Gasteiger partial charge on any atom is 0.149 e. The average molecular weight is 386 g/mol. The Kier molecular flexibility index (Phi) is 17.9. The van der Waals surface area contributed by atoms with Crippen molar-refractivity contribution in [3.8, 4) is 0 Å². The molecule has 0 rings (SSSR count). The fourth-order valence-corrected chi connectivity index (χ4v) is 2.95. The van der Waals surface area contributed by atoms with Crippen molar-refractivity contribution in [1.29, 1.82) is 0 Å². The van der Waals surface area contributed by atoms with Gasteiger partial charge in [-0.2, -0.15) is 0 Å². The van der Waals surface area contributed by atoms with E-state index in [0.29, 0.717) is 25.9 Å². The third-order valence-corrected chi connectivity index (χ3v) is 4.82. The van der Waals surface area contributed by atoms with Crippen LogP contribution in [0.2, 0.25) is 0 Å². The summed E-state index contributed by atoms with van der Waals surface area (Å²) in [5.74, 6) is 0.277. The number of hydrogen-bond donors (Lipinski definition) is 5. The summed E-state index contributed by atoms with van der Waals surface area (Å²) in [5.41, 5.74) is 22.6. The maximum absolute atomic E-state index is 11.7. The molecule has 0 spiro atoms. The molecule has 9 N–H and O–H groups in total. The number of nitrogens with two attached hydrogens (primary N) is 4. The lowest BCUT2D eigenvalue weighted by molar-refractivity contribution is -0.121. The molecule has 0 fully saturated rings. The largest absolute Gasteiger partial charge is 0.330 e. The standard InChI is InChI=1S/C20H43N5O2/c21-13-7-11-19(26)17(23)9-3-1-5-15-25-16-6-2-4-10-18(24)20(27)12-8-14-22/h17-18,25H,1-16,21-24H2. The van der Waals surface area contributed by atoms with Crippen molar-refractivity contribution in [2.75, 3.05) is 26.2 Å². The zero-order valence-corrected chi connectivity index (χ0v) is 17.1. The lowest BCUT2D eigenvalue weighted by Crippen LogP contribution is -2.30. The molecule has 0 aromatic carbocycles. The quantitative estimate of drug-likeness (QED) is 0.196. The number of hydrogen-bond acceptors (Lipinski definition) is 7. The molecule has 0 aliphatic rings. The van der Waals surface area contributed by atoms with E-state index >= 15 is 0 Å². The van der Waals surface area contributed by atoms with Crippen LogP contribution in [-0.4, -0.2) is 49.8 Å². The Balaban J connectivity index is 3.38. The second-order valence-electron chi connectivity index (χ2n) is 7.38. The van der Waals surface area contributed by atoms with Gasteiger partial charge in [0.25, 0.3) is 0 Å². The minimum absolute atomic E-state index is 0.138. The Morgan fingerprint density at radius 2 is 1.04 bits per heavy atom. The topological polar surface area (TPSA) is 150 Å². The lowest BCUT2D eigenvalue weighted by Gasteiger charge is -2.11. The maximum atomic E-state index is 11.7. The molecule has 0 saturated carbocycles. The van der Waals surface area contributed by atoms with E-state index in [4.69, 9.17) is 22.9 Å². The Morgan fingerprint density at radius 3 is 1.41 bits per heavy atom. The fraction of sp³-hybridized carbons (Fsp3) is 0.900. The van der Waals surface area contributed by atoms with Gasteiger partial charge in [0.2, 0.25) is 0 Å². The number of carbonyl (C=O) groups is 2. The van der Waals surface area contributed by atoms with Crippen molar-refractivity contribution in [2.45, 2.75) is 89.1 Å². The van der Waals surface area contributed by atoms with Crippen LogP contribution in [0.3, 0.4) is 0 Å². The Labute approximate surface area is 165 Å². The van der Waals surface area contributed by atoms with E-state index < -0.39 is 0 Å². The summed E-state index contributed by atoms with van der Waals surface area (Å²) >= 11 is 0. The van der Waals surface area contributed by atoms with Crippen LogP contribution in [0, 0.1) is 0 Å². The molecule has 0 aliphatic heterocycles. The van der Waals surface area contributed by atoms with Gasteiger partial charge in [-0.15, -0.1) is 0 Å². The average Bonchev–Trinajstić information content (AvgIpc) is 2.67. The van der Waals surface area contributed by atoms with Gasteiger partial charge < -0.3 is 28.3 Å². The molecule has 0 aliphatic carbocycles. The van der Waals surface area contributed by atoms with E-state index in [1.165, 1.54) is 0 Å².